The maximum absolute atomic E-state index is 11.2. The molecule has 0 aliphatic carbocycles. The minimum Gasteiger partial charge on any atom is -0.312 e. The van der Waals surface area contributed by atoms with Crippen LogP contribution in [0.5, 0.6) is 0 Å². The van der Waals surface area contributed by atoms with Gasteiger partial charge in [0.15, 0.2) is 0 Å². The topological polar surface area (TPSA) is 41.6 Å². The van der Waals surface area contributed by atoms with Crippen molar-refractivity contribution >= 4 is 5.91 Å². The van der Waals surface area contributed by atoms with E-state index < -0.39 is 0 Å². The number of hydrogen-bond donors (Lipinski definition) is 1. The second-order valence-corrected chi connectivity index (χ2v) is 4.00. The molecular formula is C9H20N2O2. The number of rotatable bonds is 4. The maximum atomic E-state index is 11.2. The number of hydrogen-bond acceptors (Lipinski definition) is 3. The van der Waals surface area contributed by atoms with Crippen LogP contribution >= 0.6 is 0 Å². The van der Waals surface area contributed by atoms with Crippen LogP contribution in [-0.2, 0) is 9.63 Å². The molecule has 0 fully saturated rings. The zero-order chi connectivity index (χ0) is 10.5. The molecule has 0 radical (unpaired) electrons. The Hall–Kier alpha value is -0.610. The normalized spacial score (nSPS) is 11.5. The van der Waals surface area contributed by atoms with Gasteiger partial charge in [-0.2, -0.15) is 0 Å². The number of nitrogens with zero attached hydrogens (tertiary/aromatic N) is 1. The molecule has 0 saturated carbocycles. The first-order valence-corrected chi connectivity index (χ1v) is 4.42. The average molecular weight is 188 g/mol. The van der Waals surface area contributed by atoms with E-state index in [-0.39, 0.29) is 11.4 Å². The van der Waals surface area contributed by atoms with Gasteiger partial charge in [-0.25, -0.2) is 5.06 Å². The maximum Gasteiger partial charge on any atom is 0.247 e. The molecule has 0 aromatic rings. The van der Waals surface area contributed by atoms with Crippen molar-refractivity contribution < 1.29 is 9.63 Å². The zero-order valence-corrected chi connectivity index (χ0v) is 9.18. The lowest BCUT2D eigenvalue weighted by atomic mass is 10.1. The van der Waals surface area contributed by atoms with E-state index in [0.717, 1.165) is 0 Å². The van der Waals surface area contributed by atoms with E-state index in [1.54, 1.807) is 7.05 Å². The number of carbonyl (C=O) groups excluding carboxylic acids is 1. The molecule has 4 nitrogen and oxygen atoms in total. The lowest BCUT2D eigenvalue weighted by Gasteiger charge is -2.21. The molecular weight excluding hydrogens is 168 g/mol. The Morgan fingerprint density at radius 3 is 2.38 bits per heavy atom. The second-order valence-electron chi connectivity index (χ2n) is 4.00. The standard InChI is InChI=1S/C9H20N2O2/c1-9(2,3)10-7-6-8(12)11(4)13-5/h10H,6-7H2,1-5H3. The molecule has 78 valence electrons. The Kier molecular flexibility index (Phi) is 4.95. The summed E-state index contributed by atoms with van der Waals surface area (Å²) in [6.07, 6.45) is 0.460. The van der Waals surface area contributed by atoms with Gasteiger partial charge in [-0.15, -0.1) is 0 Å². The summed E-state index contributed by atoms with van der Waals surface area (Å²) in [5.74, 6) is -0.0146. The van der Waals surface area contributed by atoms with Crippen LogP contribution in [0, 0.1) is 0 Å². The van der Waals surface area contributed by atoms with Gasteiger partial charge in [-0.1, -0.05) is 0 Å². The van der Waals surface area contributed by atoms with Crippen molar-refractivity contribution in [1.29, 1.82) is 0 Å². The molecule has 0 aromatic heterocycles. The van der Waals surface area contributed by atoms with Gasteiger partial charge in [0.1, 0.15) is 0 Å². The Bertz CT molecular complexity index is 163. The third kappa shape index (κ3) is 6.54. The van der Waals surface area contributed by atoms with Crippen molar-refractivity contribution in [1.82, 2.24) is 10.4 Å². The van der Waals surface area contributed by atoms with Crippen LogP contribution in [-0.4, -0.2) is 37.2 Å². The lowest BCUT2D eigenvalue weighted by Crippen LogP contribution is -2.38. The first-order chi connectivity index (χ1) is 5.87. The van der Waals surface area contributed by atoms with Crippen LogP contribution in [0.15, 0.2) is 0 Å². The summed E-state index contributed by atoms with van der Waals surface area (Å²) in [4.78, 5) is 16.0. The van der Waals surface area contributed by atoms with Gasteiger partial charge < -0.3 is 5.32 Å². The molecule has 0 aliphatic heterocycles. The number of amides is 1. The molecule has 0 aliphatic rings. The summed E-state index contributed by atoms with van der Waals surface area (Å²) in [7, 11) is 3.09. The molecule has 1 amide bonds. The summed E-state index contributed by atoms with van der Waals surface area (Å²) in [5, 5.41) is 4.47. The monoisotopic (exact) mass is 188 g/mol. The van der Waals surface area contributed by atoms with Gasteiger partial charge >= 0.3 is 0 Å². The summed E-state index contributed by atoms with van der Waals surface area (Å²) in [6, 6.07) is 0. The van der Waals surface area contributed by atoms with Crippen molar-refractivity contribution in [2.24, 2.45) is 0 Å². The molecule has 0 aromatic carbocycles. The van der Waals surface area contributed by atoms with Crippen LogP contribution < -0.4 is 5.32 Å². The highest BCUT2D eigenvalue weighted by Crippen LogP contribution is 1.98. The minimum absolute atomic E-state index is 0.0146. The van der Waals surface area contributed by atoms with Crippen LogP contribution in [0.3, 0.4) is 0 Å². The third-order valence-electron chi connectivity index (χ3n) is 1.62. The average Bonchev–Trinajstić information content (AvgIpc) is 2.00. The smallest absolute Gasteiger partial charge is 0.247 e. The Balaban J connectivity index is 3.60. The summed E-state index contributed by atoms with van der Waals surface area (Å²) in [6.45, 7) is 6.88. The number of carbonyl (C=O) groups is 1. The fourth-order valence-electron chi connectivity index (χ4n) is 0.804. The summed E-state index contributed by atoms with van der Waals surface area (Å²) < 4.78 is 0. The molecule has 0 saturated heterocycles. The fourth-order valence-corrected chi connectivity index (χ4v) is 0.804. The molecule has 0 rings (SSSR count). The fraction of sp³-hybridized carbons (Fsp3) is 0.889. The van der Waals surface area contributed by atoms with E-state index in [9.17, 15) is 4.79 Å². The van der Waals surface area contributed by atoms with Crippen LogP contribution in [0.4, 0.5) is 0 Å². The second kappa shape index (κ2) is 5.19. The van der Waals surface area contributed by atoms with E-state index in [1.165, 1.54) is 12.2 Å². The van der Waals surface area contributed by atoms with Crippen LogP contribution in [0.2, 0.25) is 0 Å². The highest BCUT2D eigenvalue weighted by Gasteiger charge is 2.11. The van der Waals surface area contributed by atoms with E-state index >= 15 is 0 Å². The minimum atomic E-state index is -0.0146. The molecule has 13 heavy (non-hydrogen) atoms. The van der Waals surface area contributed by atoms with Crippen LogP contribution in [0.25, 0.3) is 0 Å². The van der Waals surface area contributed by atoms with Crippen molar-refractivity contribution in [2.75, 3.05) is 20.7 Å². The molecule has 0 atom stereocenters. The number of hydroxylamine groups is 2. The molecule has 1 N–H and O–H groups in total. The SMILES string of the molecule is CON(C)C(=O)CCNC(C)(C)C. The van der Waals surface area contributed by atoms with Crippen molar-refractivity contribution in [3.63, 3.8) is 0 Å². The van der Waals surface area contributed by atoms with Crippen molar-refractivity contribution in [2.45, 2.75) is 32.7 Å². The first kappa shape index (κ1) is 12.4. The Labute approximate surface area is 80.2 Å². The molecule has 0 heterocycles. The van der Waals surface area contributed by atoms with Gasteiger partial charge in [0.2, 0.25) is 5.91 Å². The molecule has 0 spiro atoms. The zero-order valence-electron chi connectivity index (χ0n) is 9.18. The largest absolute Gasteiger partial charge is 0.312 e. The predicted octanol–water partition coefficient (Wildman–Crippen LogP) is 0.784. The summed E-state index contributed by atoms with van der Waals surface area (Å²) in [5.41, 5.74) is 0.0614. The Morgan fingerprint density at radius 2 is 2.00 bits per heavy atom. The van der Waals surface area contributed by atoms with Gasteiger partial charge in [0, 0.05) is 25.6 Å². The van der Waals surface area contributed by atoms with Crippen LogP contribution in [0.1, 0.15) is 27.2 Å². The van der Waals surface area contributed by atoms with Gasteiger partial charge in [0.25, 0.3) is 0 Å². The highest BCUT2D eigenvalue weighted by atomic mass is 16.7. The predicted molar refractivity (Wildman–Crippen MR) is 52.2 cm³/mol. The Morgan fingerprint density at radius 1 is 1.46 bits per heavy atom. The van der Waals surface area contributed by atoms with E-state index in [2.05, 4.69) is 26.1 Å². The molecule has 0 bridgehead atoms. The van der Waals surface area contributed by atoms with Crippen molar-refractivity contribution in [3.8, 4) is 0 Å². The van der Waals surface area contributed by atoms with Gasteiger partial charge in [0.05, 0.1) is 7.11 Å². The van der Waals surface area contributed by atoms with E-state index in [4.69, 9.17) is 4.84 Å². The van der Waals surface area contributed by atoms with E-state index in [0.29, 0.717) is 13.0 Å². The number of nitrogens with one attached hydrogen (secondary N) is 1. The van der Waals surface area contributed by atoms with Gasteiger partial charge in [-0.05, 0) is 20.8 Å². The quantitative estimate of drug-likeness (QED) is 0.663. The van der Waals surface area contributed by atoms with E-state index in [1.807, 2.05) is 0 Å². The summed E-state index contributed by atoms with van der Waals surface area (Å²) >= 11 is 0. The lowest BCUT2D eigenvalue weighted by molar-refractivity contribution is -0.168. The van der Waals surface area contributed by atoms with Gasteiger partial charge in [-0.3, -0.25) is 9.63 Å². The molecule has 0 unspecified atom stereocenters. The third-order valence-corrected chi connectivity index (χ3v) is 1.62. The molecule has 4 heteroatoms. The first-order valence-electron chi connectivity index (χ1n) is 4.42. The highest BCUT2D eigenvalue weighted by molar-refractivity contribution is 5.74. The van der Waals surface area contributed by atoms with Crippen molar-refractivity contribution in [3.05, 3.63) is 0 Å².